The monoisotopic (exact) mass is 299 g/mol. The molecule has 1 unspecified atom stereocenters. The number of fused-ring (bicyclic) bond motifs is 3. The molecule has 1 atom stereocenters. The Morgan fingerprint density at radius 2 is 2.05 bits per heavy atom. The molecule has 0 saturated carbocycles. The number of hydrogen-bond donors (Lipinski definition) is 0. The third-order valence-electron chi connectivity index (χ3n) is 4.48. The Labute approximate surface area is 126 Å². The van der Waals surface area contributed by atoms with Gasteiger partial charge in [-0.05, 0) is 49.2 Å². The fraction of sp³-hybridized carbons (Fsp3) is 0.176. The highest BCUT2D eigenvalue weighted by molar-refractivity contribution is 6.32. The molecule has 4 rings (SSSR count). The van der Waals surface area contributed by atoms with E-state index in [0.29, 0.717) is 28.3 Å². The number of carbonyl (C=O) groups excluding carboxylic acids is 1. The fourth-order valence-corrected chi connectivity index (χ4v) is 3.61. The van der Waals surface area contributed by atoms with Crippen LogP contribution in [0.4, 0.5) is 10.1 Å². The molecule has 2 aliphatic rings. The van der Waals surface area contributed by atoms with Crippen LogP contribution in [0.2, 0.25) is 5.02 Å². The lowest BCUT2D eigenvalue weighted by Crippen LogP contribution is -2.38. The van der Waals surface area contributed by atoms with Gasteiger partial charge in [-0.1, -0.05) is 17.7 Å². The molecule has 0 aromatic heterocycles. The van der Waals surface area contributed by atoms with Gasteiger partial charge in [-0.3, -0.25) is 9.79 Å². The van der Waals surface area contributed by atoms with E-state index in [4.69, 9.17) is 11.6 Å². The summed E-state index contributed by atoms with van der Waals surface area (Å²) in [7, 11) is 0. The zero-order chi connectivity index (χ0) is 14.8. The number of rotatable bonds is 0. The molecule has 0 amide bonds. The van der Waals surface area contributed by atoms with E-state index in [1.807, 2.05) is 13.0 Å². The Morgan fingerprint density at radius 1 is 1.24 bits per heavy atom. The van der Waals surface area contributed by atoms with Gasteiger partial charge in [0.1, 0.15) is 11.2 Å². The summed E-state index contributed by atoms with van der Waals surface area (Å²) in [5, 5.41) is 0.534. The lowest BCUT2D eigenvalue weighted by Gasteiger charge is -2.23. The van der Waals surface area contributed by atoms with Crippen LogP contribution in [-0.2, 0) is 11.8 Å². The maximum Gasteiger partial charge on any atom is 0.179 e. The van der Waals surface area contributed by atoms with Gasteiger partial charge in [0.2, 0.25) is 0 Å². The van der Waals surface area contributed by atoms with Crippen LogP contribution in [0.15, 0.2) is 41.4 Å². The first-order valence-corrected chi connectivity index (χ1v) is 7.09. The number of benzene rings is 2. The minimum Gasteiger partial charge on any atom is -0.293 e. The molecular formula is C17H11ClFNO. The molecule has 0 saturated heterocycles. The number of nitrogens with zero attached hydrogens (tertiary/aromatic N) is 1. The third-order valence-corrected chi connectivity index (χ3v) is 4.72. The summed E-state index contributed by atoms with van der Waals surface area (Å²) in [5.41, 5.74) is 2.77. The molecule has 0 N–H and O–H groups in total. The van der Waals surface area contributed by atoms with E-state index in [0.717, 1.165) is 11.3 Å². The van der Waals surface area contributed by atoms with Crippen molar-refractivity contribution in [1.82, 2.24) is 0 Å². The van der Waals surface area contributed by atoms with Crippen LogP contribution in [0.5, 0.6) is 0 Å². The minimum atomic E-state index is -0.857. The smallest absolute Gasteiger partial charge is 0.179 e. The van der Waals surface area contributed by atoms with Crippen LogP contribution in [0.1, 0.15) is 28.4 Å². The van der Waals surface area contributed by atoms with Crippen molar-refractivity contribution in [2.24, 2.45) is 4.99 Å². The van der Waals surface area contributed by atoms with Crippen molar-refractivity contribution in [3.05, 3.63) is 63.9 Å². The highest BCUT2D eigenvalue weighted by Crippen LogP contribution is 2.49. The maximum absolute atomic E-state index is 13.7. The van der Waals surface area contributed by atoms with Crippen LogP contribution in [0.3, 0.4) is 0 Å². The van der Waals surface area contributed by atoms with Crippen molar-refractivity contribution in [1.29, 1.82) is 0 Å². The Balaban J connectivity index is 1.98. The second kappa shape index (κ2) is 4.01. The van der Waals surface area contributed by atoms with Gasteiger partial charge in [-0.2, -0.15) is 0 Å². The summed E-state index contributed by atoms with van der Waals surface area (Å²) in [4.78, 5) is 17.5. The van der Waals surface area contributed by atoms with Crippen LogP contribution in [0.25, 0.3) is 0 Å². The van der Waals surface area contributed by atoms with Crippen LogP contribution in [0, 0.1) is 5.82 Å². The van der Waals surface area contributed by atoms with Gasteiger partial charge in [0.15, 0.2) is 5.78 Å². The average Bonchev–Trinajstić information content (AvgIpc) is 2.89. The molecule has 0 bridgehead atoms. The van der Waals surface area contributed by atoms with Gasteiger partial charge in [-0.25, -0.2) is 4.39 Å². The molecular weight excluding hydrogens is 289 g/mol. The van der Waals surface area contributed by atoms with Gasteiger partial charge in [0.05, 0.1) is 5.69 Å². The molecule has 1 heterocycles. The van der Waals surface area contributed by atoms with E-state index in [2.05, 4.69) is 4.99 Å². The number of Topliss-reactive ketones (excluding diaryl/α,β-unsaturated/α-hetero) is 1. The van der Waals surface area contributed by atoms with E-state index in [1.165, 1.54) is 12.1 Å². The largest absolute Gasteiger partial charge is 0.293 e. The molecule has 0 fully saturated rings. The minimum absolute atomic E-state index is 0.0365. The van der Waals surface area contributed by atoms with Gasteiger partial charge < -0.3 is 0 Å². The van der Waals surface area contributed by atoms with Crippen molar-refractivity contribution in [3.8, 4) is 0 Å². The van der Waals surface area contributed by atoms with Crippen molar-refractivity contribution in [2.45, 2.75) is 18.8 Å². The average molecular weight is 300 g/mol. The quantitative estimate of drug-likeness (QED) is 0.714. The maximum atomic E-state index is 13.7. The van der Waals surface area contributed by atoms with Gasteiger partial charge >= 0.3 is 0 Å². The molecule has 0 radical (unpaired) electrons. The Hall–Kier alpha value is -2.00. The predicted octanol–water partition coefficient (Wildman–Crippen LogP) is 4.26. The topological polar surface area (TPSA) is 29.4 Å². The first-order valence-electron chi connectivity index (χ1n) is 6.71. The SMILES string of the molecule is CC1=Nc2ccc(F)cc2C12Cc1ccc(Cl)cc1C2=O. The summed E-state index contributed by atoms with van der Waals surface area (Å²) < 4.78 is 13.7. The predicted molar refractivity (Wildman–Crippen MR) is 80.3 cm³/mol. The third kappa shape index (κ3) is 1.52. The molecule has 2 aromatic rings. The second-order valence-corrected chi connectivity index (χ2v) is 6.01. The van der Waals surface area contributed by atoms with Crippen molar-refractivity contribution >= 4 is 28.8 Å². The fourth-order valence-electron chi connectivity index (χ4n) is 3.44. The van der Waals surface area contributed by atoms with Crippen LogP contribution in [-0.4, -0.2) is 11.5 Å². The standard InChI is InChI=1S/C17H11ClFNO/c1-9-17(14-7-12(19)4-5-15(14)20-9)8-10-2-3-11(18)6-13(10)16(17)21/h2-7H,8H2,1H3. The van der Waals surface area contributed by atoms with E-state index < -0.39 is 5.41 Å². The number of halogens is 2. The molecule has 104 valence electrons. The number of ketones is 1. The Morgan fingerprint density at radius 3 is 2.86 bits per heavy atom. The second-order valence-electron chi connectivity index (χ2n) is 5.57. The molecule has 1 aliphatic heterocycles. The zero-order valence-electron chi connectivity index (χ0n) is 11.3. The normalized spacial score (nSPS) is 22.4. The van der Waals surface area contributed by atoms with E-state index in [-0.39, 0.29) is 11.6 Å². The van der Waals surface area contributed by atoms with Crippen LogP contribution < -0.4 is 0 Å². The molecule has 4 heteroatoms. The van der Waals surface area contributed by atoms with Gasteiger partial charge in [-0.15, -0.1) is 0 Å². The lowest BCUT2D eigenvalue weighted by molar-refractivity contribution is 0.0946. The molecule has 21 heavy (non-hydrogen) atoms. The summed E-state index contributed by atoms with van der Waals surface area (Å²) >= 11 is 6.00. The van der Waals surface area contributed by atoms with Crippen molar-refractivity contribution in [3.63, 3.8) is 0 Å². The van der Waals surface area contributed by atoms with Crippen molar-refractivity contribution < 1.29 is 9.18 Å². The van der Waals surface area contributed by atoms with E-state index >= 15 is 0 Å². The van der Waals surface area contributed by atoms with E-state index in [9.17, 15) is 9.18 Å². The number of aliphatic imine (C=N–C) groups is 1. The highest BCUT2D eigenvalue weighted by Gasteiger charge is 2.52. The zero-order valence-corrected chi connectivity index (χ0v) is 12.0. The highest BCUT2D eigenvalue weighted by atomic mass is 35.5. The van der Waals surface area contributed by atoms with Crippen molar-refractivity contribution in [2.75, 3.05) is 0 Å². The van der Waals surface area contributed by atoms with E-state index in [1.54, 1.807) is 18.2 Å². The summed E-state index contributed by atoms with van der Waals surface area (Å²) in [6.07, 6.45) is 0.518. The number of carbonyl (C=O) groups is 1. The first-order chi connectivity index (χ1) is 10.0. The molecule has 1 aliphatic carbocycles. The lowest BCUT2D eigenvalue weighted by atomic mass is 9.74. The Bertz CT molecular complexity index is 843. The summed E-state index contributed by atoms with van der Waals surface area (Å²) in [6.45, 7) is 1.84. The number of hydrogen-bond acceptors (Lipinski definition) is 2. The van der Waals surface area contributed by atoms with Gasteiger partial charge in [0, 0.05) is 21.9 Å². The first kappa shape index (κ1) is 12.7. The summed E-state index contributed by atoms with van der Waals surface area (Å²) in [6, 6.07) is 9.78. The molecule has 2 nitrogen and oxygen atoms in total. The van der Waals surface area contributed by atoms with Gasteiger partial charge in [0.25, 0.3) is 0 Å². The Kier molecular flexibility index (Phi) is 2.43. The van der Waals surface area contributed by atoms with Crippen LogP contribution >= 0.6 is 11.6 Å². The summed E-state index contributed by atoms with van der Waals surface area (Å²) in [5.74, 6) is -0.384. The molecule has 2 aromatic carbocycles. The molecule has 1 spiro atoms.